The molecule has 1 heterocycles. The first-order chi connectivity index (χ1) is 7.92. The molecule has 0 saturated heterocycles. The summed E-state index contributed by atoms with van der Waals surface area (Å²) in [5.41, 5.74) is 1.04. The van der Waals surface area contributed by atoms with Crippen molar-refractivity contribution >= 4 is 39.0 Å². The molecular weight excluding hydrogens is 244 g/mol. The molecule has 0 fully saturated rings. The van der Waals surface area contributed by atoms with Crippen molar-refractivity contribution in [2.45, 2.75) is 0 Å². The number of nitrogens with one attached hydrogen (secondary N) is 1. The number of fused-ring (bicyclic) bond motifs is 1. The second kappa shape index (κ2) is 6.03. The molecule has 2 rings (SSSR count). The number of rotatable bonds is 6. The van der Waals surface area contributed by atoms with Gasteiger partial charge < -0.3 is 10.1 Å². The maximum absolute atomic E-state index is 5.50. The third-order valence-corrected chi connectivity index (χ3v) is 3.13. The lowest BCUT2D eigenvalue weighted by atomic mass is 10.2. The van der Waals surface area contributed by atoms with Crippen LogP contribution in [0, 0.1) is 0 Å². The number of anilines is 1. The standard InChI is InChI=1S/C11H13ClN2OS/c12-5-7-15-8-6-13-11-9-3-1-2-4-10(9)14-16-11/h1-4,13H,5-8H2. The number of alkyl halides is 1. The summed E-state index contributed by atoms with van der Waals surface area (Å²) < 4.78 is 9.63. The molecule has 0 atom stereocenters. The molecule has 0 radical (unpaired) electrons. The van der Waals surface area contributed by atoms with E-state index in [1.165, 1.54) is 16.9 Å². The van der Waals surface area contributed by atoms with Gasteiger partial charge in [0.05, 0.1) is 18.7 Å². The van der Waals surface area contributed by atoms with E-state index in [1.807, 2.05) is 18.2 Å². The SMILES string of the molecule is ClCCOCCNc1snc2ccccc12. The number of hydrogen-bond acceptors (Lipinski definition) is 4. The second-order valence-corrected chi connectivity index (χ2v) is 4.41. The Bertz CT molecular complexity index is 446. The molecular formula is C11H13ClN2OS. The summed E-state index contributed by atoms with van der Waals surface area (Å²) in [6.07, 6.45) is 0. The summed E-state index contributed by atoms with van der Waals surface area (Å²) in [4.78, 5) is 0. The van der Waals surface area contributed by atoms with Gasteiger partial charge in [-0.3, -0.25) is 0 Å². The Labute approximate surface area is 104 Å². The van der Waals surface area contributed by atoms with Crippen molar-refractivity contribution in [1.29, 1.82) is 0 Å². The lowest BCUT2D eigenvalue weighted by molar-refractivity contribution is 0.160. The number of hydrogen-bond donors (Lipinski definition) is 1. The lowest BCUT2D eigenvalue weighted by Crippen LogP contribution is -2.09. The fourth-order valence-corrected chi connectivity index (χ4v) is 2.31. The van der Waals surface area contributed by atoms with Crippen molar-refractivity contribution < 1.29 is 4.74 Å². The van der Waals surface area contributed by atoms with Crippen LogP contribution in [0.4, 0.5) is 5.00 Å². The van der Waals surface area contributed by atoms with Crippen molar-refractivity contribution in [3.8, 4) is 0 Å². The van der Waals surface area contributed by atoms with Gasteiger partial charge in [-0.25, -0.2) is 0 Å². The molecule has 16 heavy (non-hydrogen) atoms. The third kappa shape index (κ3) is 2.84. The largest absolute Gasteiger partial charge is 0.378 e. The zero-order valence-corrected chi connectivity index (χ0v) is 10.4. The first-order valence-electron chi connectivity index (χ1n) is 5.14. The first-order valence-corrected chi connectivity index (χ1v) is 6.44. The van der Waals surface area contributed by atoms with Crippen LogP contribution < -0.4 is 5.32 Å². The lowest BCUT2D eigenvalue weighted by Gasteiger charge is -2.04. The van der Waals surface area contributed by atoms with E-state index in [2.05, 4.69) is 15.8 Å². The van der Waals surface area contributed by atoms with Gasteiger partial charge in [0.15, 0.2) is 0 Å². The smallest absolute Gasteiger partial charge is 0.117 e. The second-order valence-electron chi connectivity index (χ2n) is 3.26. The maximum Gasteiger partial charge on any atom is 0.117 e. The van der Waals surface area contributed by atoms with E-state index in [0.29, 0.717) is 19.1 Å². The Kier molecular flexibility index (Phi) is 4.39. The Morgan fingerprint density at radius 2 is 2.19 bits per heavy atom. The highest BCUT2D eigenvalue weighted by atomic mass is 35.5. The van der Waals surface area contributed by atoms with Crippen molar-refractivity contribution in [2.24, 2.45) is 0 Å². The highest BCUT2D eigenvalue weighted by Gasteiger charge is 2.03. The summed E-state index contributed by atoms with van der Waals surface area (Å²) in [6.45, 7) is 2.05. The van der Waals surface area contributed by atoms with Crippen molar-refractivity contribution in [3.63, 3.8) is 0 Å². The van der Waals surface area contributed by atoms with E-state index >= 15 is 0 Å². The van der Waals surface area contributed by atoms with Crippen LogP contribution in [-0.4, -0.2) is 30.0 Å². The van der Waals surface area contributed by atoms with E-state index in [-0.39, 0.29) is 0 Å². The molecule has 0 bridgehead atoms. The number of ether oxygens (including phenoxy) is 1. The van der Waals surface area contributed by atoms with Crippen LogP contribution in [0.3, 0.4) is 0 Å². The van der Waals surface area contributed by atoms with Crippen molar-refractivity contribution in [3.05, 3.63) is 24.3 Å². The van der Waals surface area contributed by atoms with Crippen LogP contribution in [-0.2, 0) is 4.74 Å². The predicted molar refractivity (Wildman–Crippen MR) is 69.6 cm³/mol. The van der Waals surface area contributed by atoms with Crippen LogP contribution >= 0.6 is 23.1 Å². The average molecular weight is 257 g/mol. The molecule has 0 aliphatic carbocycles. The van der Waals surface area contributed by atoms with Crippen LogP contribution in [0.25, 0.3) is 10.9 Å². The monoisotopic (exact) mass is 256 g/mol. The molecule has 1 N–H and O–H groups in total. The molecule has 1 aromatic carbocycles. The first kappa shape index (κ1) is 11.6. The molecule has 1 aromatic heterocycles. The summed E-state index contributed by atoms with van der Waals surface area (Å²) in [7, 11) is 0. The van der Waals surface area contributed by atoms with Crippen LogP contribution in [0.2, 0.25) is 0 Å². The van der Waals surface area contributed by atoms with E-state index in [9.17, 15) is 0 Å². The zero-order chi connectivity index (χ0) is 11.2. The number of aromatic nitrogens is 1. The van der Waals surface area contributed by atoms with Gasteiger partial charge in [-0.15, -0.1) is 11.6 Å². The molecule has 2 aromatic rings. The van der Waals surface area contributed by atoms with E-state index in [1.54, 1.807) is 0 Å². The van der Waals surface area contributed by atoms with Gasteiger partial charge in [-0.05, 0) is 23.7 Å². The molecule has 0 spiro atoms. The minimum absolute atomic E-state index is 0.545. The highest BCUT2D eigenvalue weighted by Crippen LogP contribution is 2.26. The zero-order valence-electron chi connectivity index (χ0n) is 8.78. The molecule has 3 nitrogen and oxygen atoms in total. The summed E-state index contributed by atoms with van der Waals surface area (Å²) in [6, 6.07) is 8.10. The molecule has 0 saturated carbocycles. The minimum Gasteiger partial charge on any atom is -0.378 e. The molecule has 0 aliphatic rings. The van der Waals surface area contributed by atoms with E-state index < -0.39 is 0 Å². The van der Waals surface area contributed by atoms with E-state index in [4.69, 9.17) is 16.3 Å². The predicted octanol–water partition coefficient (Wildman–Crippen LogP) is 2.96. The van der Waals surface area contributed by atoms with Gasteiger partial charge in [0.25, 0.3) is 0 Å². The third-order valence-electron chi connectivity index (χ3n) is 2.14. The van der Waals surface area contributed by atoms with Gasteiger partial charge in [0.1, 0.15) is 5.00 Å². The molecule has 0 aliphatic heterocycles. The average Bonchev–Trinajstić information content (AvgIpc) is 2.73. The quantitative estimate of drug-likeness (QED) is 0.637. The van der Waals surface area contributed by atoms with Crippen molar-refractivity contribution in [1.82, 2.24) is 4.37 Å². The van der Waals surface area contributed by atoms with Crippen LogP contribution in [0.5, 0.6) is 0 Å². The Balaban J connectivity index is 1.89. The molecule has 86 valence electrons. The Morgan fingerprint density at radius 3 is 3.06 bits per heavy atom. The fourth-order valence-electron chi connectivity index (χ4n) is 1.41. The number of halogens is 1. The topological polar surface area (TPSA) is 34.1 Å². The summed E-state index contributed by atoms with van der Waals surface area (Å²) in [5.74, 6) is 0.545. The molecule has 0 unspecified atom stereocenters. The van der Waals surface area contributed by atoms with Gasteiger partial charge in [0.2, 0.25) is 0 Å². The Morgan fingerprint density at radius 1 is 1.31 bits per heavy atom. The maximum atomic E-state index is 5.50. The number of benzene rings is 1. The van der Waals surface area contributed by atoms with Gasteiger partial charge in [-0.2, -0.15) is 4.37 Å². The normalized spacial score (nSPS) is 10.8. The Hall–Kier alpha value is -0.840. The van der Waals surface area contributed by atoms with E-state index in [0.717, 1.165) is 17.1 Å². The van der Waals surface area contributed by atoms with Gasteiger partial charge >= 0.3 is 0 Å². The van der Waals surface area contributed by atoms with Crippen LogP contribution in [0.1, 0.15) is 0 Å². The summed E-state index contributed by atoms with van der Waals surface area (Å²) in [5, 5.41) is 5.59. The number of nitrogens with zero attached hydrogens (tertiary/aromatic N) is 1. The minimum atomic E-state index is 0.545. The van der Waals surface area contributed by atoms with Crippen molar-refractivity contribution in [2.75, 3.05) is 31.0 Å². The van der Waals surface area contributed by atoms with Gasteiger partial charge in [0, 0.05) is 17.8 Å². The summed E-state index contributed by atoms with van der Waals surface area (Å²) >= 11 is 6.99. The van der Waals surface area contributed by atoms with Crippen LogP contribution in [0.15, 0.2) is 24.3 Å². The fraction of sp³-hybridized carbons (Fsp3) is 0.364. The van der Waals surface area contributed by atoms with Gasteiger partial charge in [-0.1, -0.05) is 12.1 Å². The molecule has 5 heteroatoms. The molecule has 0 amide bonds. The highest BCUT2D eigenvalue weighted by molar-refractivity contribution is 7.11.